The summed E-state index contributed by atoms with van der Waals surface area (Å²) in [5.41, 5.74) is 4.83. The highest BCUT2D eigenvalue weighted by atomic mass is 32.2. The van der Waals surface area contributed by atoms with Crippen molar-refractivity contribution in [2.45, 2.75) is 128 Å². The number of carbonyl (C=O) groups is 5. The third-order valence-electron chi connectivity index (χ3n) is 9.77. The van der Waals surface area contributed by atoms with Crippen LogP contribution in [0.25, 0.3) is 0 Å². The Morgan fingerprint density at radius 3 is 2.47 bits per heavy atom. The fourth-order valence-corrected chi connectivity index (χ4v) is 8.21. The van der Waals surface area contributed by atoms with E-state index >= 15 is 0 Å². The van der Waals surface area contributed by atoms with Gasteiger partial charge < -0.3 is 52.6 Å². The van der Waals surface area contributed by atoms with E-state index in [1.807, 2.05) is 13.8 Å². The van der Waals surface area contributed by atoms with Crippen molar-refractivity contribution in [3.63, 3.8) is 0 Å². The van der Waals surface area contributed by atoms with Crippen molar-refractivity contribution in [1.29, 1.82) is 0 Å². The zero-order valence-electron chi connectivity index (χ0n) is 34.7. The van der Waals surface area contributed by atoms with Gasteiger partial charge in [0.25, 0.3) is 0 Å². The zero-order chi connectivity index (χ0) is 42.7. The minimum Gasteiger partial charge on any atom is -0.494 e. The summed E-state index contributed by atoms with van der Waals surface area (Å²) in [6.07, 6.45) is 8.39. The number of hydrogen-bond donors (Lipinski definition) is 9. The summed E-state index contributed by atoms with van der Waals surface area (Å²) < 4.78 is 7.29. The average molecular weight is 852 g/mol. The molecular formula is C39H65N9O8S2. The van der Waals surface area contributed by atoms with Gasteiger partial charge in [0.1, 0.15) is 0 Å². The van der Waals surface area contributed by atoms with E-state index in [2.05, 4.69) is 43.8 Å². The molecule has 0 bridgehead atoms. The third-order valence-corrected chi connectivity index (χ3v) is 11.9. The molecule has 1 aliphatic rings. The summed E-state index contributed by atoms with van der Waals surface area (Å²) in [5, 5.41) is 38.8. The van der Waals surface area contributed by atoms with Crippen LogP contribution in [0.3, 0.4) is 0 Å². The normalized spacial score (nSPS) is 14.1. The first-order valence-electron chi connectivity index (χ1n) is 20.2. The van der Waals surface area contributed by atoms with Crippen LogP contribution in [0.15, 0.2) is 11.0 Å². The summed E-state index contributed by atoms with van der Waals surface area (Å²) in [6.45, 7) is 11.3. The lowest BCUT2D eigenvalue weighted by molar-refractivity contribution is -0.133. The molecule has 0 spiro atoms. The molecule has 6 amide bonds. The number of thioether (sulfide) groups is 1. The van der Waals surface area contributed by atoms with Gasteiger partial charge in [-0.2, -0.15) is 0 Å². The molecule has 1 atom stereocenters. The fraction of sp³-hybridized carbons (Fsp3) is 0.692. The Labute approximate surface area is 350 Å². The van der Waals surface area contributed by atoms with E-state index in [1.165, 1.54) is 38.6 Å². The second-order valence-corrected chi connectivity index (χ2v) is 18.0. The second kappa shape index (κ2) is 24.1. The molecule has 326 valence electrons. The molecule has 0 saturated carbocycles. The van der Waals surface area contributed by atoms with Gasteiger partial charge in [-0.1, -0.05) is 33.6 Å². The number of aryl methyl sites for hydroxylation is 1. The molecule has 0 radical (unpaired) electrons. The molecule has 1 unspecified atom stereocenters. The molecule has 3 rings (SSSR count). The highest BCUT2D eigenvalue weighted by Gasteiger charge is 2.29. The minimum atomic E-state index is -0.752. The molecule has 10 N–H and O–H groups in total. The molecule has 0 saturated heterocycles. The number of hydrogen-bond acceptors (Lipinski definition) is 12. The molecule has 19 heteroatoms. The number of nitrogens with one attached hydrogen (secondary N) is 6. The van der Waals surface area contributed by atoms with Gasteiger partial charge in [0.2, 0.25) is 29.5 Å². The number of ether oxygens (including phenoxy) is 1. The van der Waals surface area contributed by atoms with Crippen LogP contribution in [-0.2, 0) is 43.3 Å². The van der Waals surface area contributed by atoms with Gasteiger partial charge in [0, 0.05) is 55.1 Å². The fourth-order valence-electron chi connectivity index (χ4n) is 6.11. The predicted molar refractivity (Wildman–Crippen MR) is 226 cm³/mol. The molecular weight excluding hydrogens is 787 g/mol. The van der Waals surface area contributed by atoms with Gasteiger partial charge in [-0.3, -0.25) is 23.7 Å². The summed E-state index contributed by atoms with van der Waals surface area (Å²) in [5.74, 6) is -0.935. The van der Waals surface area contributed by atoms with Crippen molar-refractivity contribution in [2.24, 2.45) is 11.1 Å². The van der Waals surface area contributed by atoms with Gasteiger partial charge in [-0.05, 0) is 77.5 Å². The quantitative estimate of drug-likeness (QED) is 0.0465. The number of thiazole rings is 1. The van der Waals surface area contributed by atoms with E-state index in [-0.39, 0.29) is 55.5 Å². The Kier molecular flexibility index (Phi) is 20.1. The molecule has 2 heterocycles. The van der Waals surface area contributed by atoms with Gasteiger partial charge >= 0.3 is 6.03 Å². The van der Waals surface area contributed by atoms with Crippen molar-refractivity contribution in [3.8, 4) is 11.8 Å². The minimum absolute atomic E-state index is 0.0566. The lowest BCUT2D eigenvalue weighted by Gasteiger charge is -2.29. The van der Waals surface area contributed by atoms with Crippen LogP contribution < -0.4 is 37.6 Å². The molecule has 0 aliphatic heterocycles. The number of urea groups is 1. The lowest BCUT2D eigenvalue weighted by Crippen LogP contribution is -2.42. The Bertz CT molecular complexity index is 1660. The lowest BCUT2D eigenvalue weighted by atomic mass is 9.88. The molecule has 17 nitrogen and oxygen atoms in total. The first-order valence-corrected chi connectivity index (χ1v) is 22.0. The maximum Gasteiger partial charge on any atom is 0.315 e. The van der Waals surface area contributed by atoms with Crippen molar-refractivity contribution in [1.82, 2.24) is 36.1 Å². The van der Waals surface area contributed by atoms with Crippen LogP contribution in [0, 0.1) is 5.41 Å². The summed E-state index contributed by atoms with van der Waals surface area (Å²) in [6, 6.07) is 1.54. The molecule has 2 aromatic heterocycles. The Morgan fingerprint density at radius 2 is 1.72 bits per heavy atom. The Morgan fingerprint density at radius 1 is 0.966 bits per heavy atom. The smallest absolute Gasteiger partial charge is 0.315 e. The number of anilines is 1. The number of unbranched alkanes of at least 4 members (excludes halogenated alkanes) is 3. The average Bonchev–Trinajstić information content (AvgIpc) is 3.68. The second-order valence-electron chi connectivity index (χ2n) is 15.8. The monoisotopic (exact) mass is 851 g/mol. The van der Waals surface area contributed by atoms with E-state index in [9.17, 15) is 34.2 Å². The van der Waals surface area contributed by atoms with Gasteiger partial charge in [-0.25, -0.2) is 9.78 Å². The Balaban J connectivity index is 1.22. The van der Waals surface area contributed by atoms with Gasteiger partial charge in [0.15, 0.2) is 11.0 Å². The van der Waals surface area contributed by atoms with Crippen LogP contribution >= 0.6 is 23.1 Å². The van der Waals surface area contributed by atoms with E-state index < -0.39 is 23.0 Å². The van der Waals surface area contributed by atoms with Crippen LogP contribution in [0.4, 0.5) is 9.93 Å². The highest BCUT2D eigenvalue weighted by Crippen LogP contribution is 2.36. The summed E-state index contributed by atoms with van der Waals surface area (Å²) in [7, 11) is 0. The Hall–Kier alpha value is -4.07. The number of fused-ring (bicyclic) bond motifs is 1. The maximum atomic E-state index is 12.5. The number of nitrogens with two attached hydrogens (primary N) is 1. The molecule has 2 aromatic rings. The number of rotatable bonds is 27. The van der Waals surface area contributed by atoms with E-state index in [1.54, 1.807) is 13.8 Å². The van der Waals surface area contributed by atoms with Gasteiger partial charge in [-0.15, -0.1) is 23.1 Å². The van der Waals surface area contributed by atoms with Crippen molar-refractivity contribution in [2.75, 3.05) is 50.4 Å². The molecule has 1 aliphatic carbocycles. The highest BCUT2D eigenvalue weighted by molar-refractivity contribution is 7.99. The number of primary amides is 1. The largest absolute Gasteiger partial charge is 0.494 e. The summed E-state index contributed by atoms with van der Waals surface area (Å²) in [4.78, 5) is 66.7. The number of nitrogens with zero attached hydrogens (tertiary/aromatic N) is 2. The standard InChI is InChI=1S/C39H65N9O8S2/c1-6-16-41-26-11-12-27-28(22-26)58-37(46-27)47-32(51)25-45-36(55)43-17-9-7-8-10-21-57-29-23-33(52)48(34(29)53)19-13-31(50)42-18-14-39(4,5)56-20-15-38(2,3)35(54)44-24-30(40)49/h23,26,41,52-53H,6-22,24-25H2,1-5H3,(H2,40,49)(H,42,50)(H,44,54)(H2,43,45,55)(H,46,47,51). The van der Waals surface area contributed by atoms with E-state index in [0.29, 0.717) is 48.6 Å². The molecule has 0 fully saturated rings. The van der Waals surface area contributed by atoms with Gasteiger partial charge in [0.05, 0.1) is 29.3 Å². The van der Waals surface area contributed by atoms with E-state index in [4.69, 9.17) is 10.5 Å². The number of aromatic nitrogens is 2. The predicted octanol–water partition coefficient (Wildman–Crippen LogP) is 3.51. The first-order chi connectivity index (χ1) is 27.5. The molecule has 0 aromatic carbocycles. The van der Waals surface area contributed by atoms with Crippen molar-refractivity contribution >= 4 is 57.9 Å². The maximum absolute atomic E-state index is 12.5. The number of carbonyl (C=O) groups excluding carboxylic acids is 5. The van der Waals surface area contributed by atoms with Crippen LogP contribution in [0.5, 0.6) is 11.8 Å². The SMILES string of the molecule is CCCNC1CCc2nc(NC(=O)CNC(=O)NCCCCCCSc3cc(O)n(CCC(=O)NCCC(C)(C)OCCC(C)(C)C(=O)NCC(N)=O)c3O)sc2C1. The third kappa shape index (κ3) is 17.4. The van der Waals surface area contributed by atoms with E-state index in [0.717, 1.165) is 69.4 Å². The molecule has 58 heavy (non-hydrogen) atoms. The van der Waals surface area contributed by atoms with Crippen LogP contribution in [-0.4, -0.2) is 106 Å². The number of aromatic hydroxyl groups is 2. The van der Waals surface area contributed by atoms with Crippen molar-refractivity contribution < 1.29 is 38.9 Å². The van der Waals surface area contributed by atoms with Crippen LogP contribution in [0.1, 0.15) is 103 Å². The van der Waals surface area contributed by atoms with Crippen molar-refractivity contribution in [3.05, 3.63) is 16.6 Å². The number of amides is 6. The topological polar surface area (TPSA) is 251 Å². The first kappa shape index (κ1) is 48.3. The summed E-state index contributed by atoms with van der Waals surface area (Å²) >= 11 is 2.93. The van der Waals surface area contributed by atoms with Crippen LogP contribution in [0.2, 0.25) is 0 Å². The zero-order valence-corrected chi connectivity index (χ0v) is 36.4.